The molecule has 2 aromatic rings. The maximum atomic E-state index is 11.9. The molecule has 1 N–H and O–H groups in total. The Kier molecular flexibility index (Phi) is 6.99. The molecule has 27 heavy (non-hydrogen) atoms. The summed E-state index contributed by atoms with van der Waals surface area (Å²) in [6, 6.07) is 15.2. The van der Waals surface area contributed by atoms with Gasteiger partial charge in [-0.05, 0) is 41.7 Å². The highest BCUT2D eigenvalue weighted by molar-refractivity contribution is 5.93. The third-order valence-corrected chi connectivity index (χ3v) is 4.08. The summed E-state index contributed by atoms with van der Waals surface area (Å²) in [6.45, 7) is 8.23. The molecule has 5 nitrogen and oxygen atoms in total. The number of hydrogen-bond acceptors (Lipinski definition) is 4. The van der Waals surface area contributed by atoms with E-state index in [1.54, 1.807) is 6.07 Å². The lowest BCUT2D eigenvalue weighted by atomic mass is 9.87. The minimum Gasteiger partial charge on any atom is -0.493 e. The summed E-state index contributed by atoms with van der Waals surface area (Å²) < 4.78 is 10.5. The number of carbonyl (C=O) groups is 2. The van der Waals surface area contributed by atoms with Crippen molar-refractivity contribution in [2.24, 2.45) is 0 Å². The molecule has 0 heterocycles. The summed E-state index contributed by atoms with van der Waals surface area (Å²) in [4.78, 5) is 23.6. The second-order valence-electron chi connectivity index (χ2n) is 7.40. The summed E-state index contributed by atoms with van der Waals surface area (Å²) in [5.74, 6) is -0.134. The SMILES string of the molecule is Cc1ccccc1NC(=O)COC(=O)CCOc1ccc(C(C)(C)C)cc1. The van der Waals surface area contributed by atoms with E-state index in [1.165, 1.54) is 5.56 Å². The van der Waals surface area contributed by atoms with Crippen LogP contribution in [-0.2, 0) is 19.7 Å². The fourth-order valence-electron chi connectivity index (χ4n) is 2.42. The number of aryl methyl sites for hydroxylation is 1. The molecule has 0 radical (unpaired) electrons. The lowest BCUT2D eigenvalue weighted by Crippen LogP contribution is -2.22. The van der Waals surface area contributed by atoms with Gasteiger partial charge in [0.1, 0.15) is 5.75 Å². The maximum Gasteiger partial charge on any atom is 0.309 e. The molecular weight excluding hydrogens is 342 g/mol. The molecular formula is C22H27NO4. The maximum absolute atomic E-state index is 11.9. The van der Waals surface area contributed by atoms with Crippen molar-refractivity contribution in [1.82, 2.24) is 0 Å². The van der Waals surface area contributed by atoms with Gasteiger partial charge in [-0.15, -0.1) is 0 Å². The Hall–Kier alpha value is -2.82. The number of para-hydroxylation sites is 1. The molecule has 0 atom stereocenters. The number of hydrogen-bond donors (Lipinski definition) is 1. The predicted molar refractivity (Wildman–Crippen MR) is 106 cm³/mol. The third-order valence-electron chi connectivity index (χ3n) is 4.08. The van der Waals surface area contributed by atoms with Crippen LogP contribution in [0, 0.1) is 6.92 Å². The summed E-state index contributed by atoms with van der Waals surface area (Å²) in [5.41, 5.74) is 2.96. The number of rotatable bonds is 7. The van der Waals surface area contributed by atoms with Gasteiger partial charge >= 0.3 is 5.97 Å². The Bertz CT molecular complexity index is 776. The van der Waals surface area contributed by atoms with Gasteiger partial charge in [-0.3, -0.25) is 9.59 Å². The molecule has 144 valence electrons. The van der Waals surface area contributed by atoms with Crippen molar-refractivity contribution in [1.29, 1.82) is 0 Å². The smallest absolute Gasteiger partial charge is 0.309 e. The molecule has 0 aliphatic rings. The van der Waals surface area contributed by atoms with Crippen LogP contribution in [0.5, 0.6) is 5.75 Å². The third kappa shape index (κ3) is 6.77. The molecule has 0 aromatic heterocycles. The monoisotopic (exact) mass is 369 g/mol. The van der Waals surface area contributed by atoms with Gasteiger partial charge in [-0.1, -0.05) is 51.1 Å². The van der Waals surface area contributed by atoms with E-state index in [0.29, 0.717) is 11.4 Å². The van der Waals surface area contributed by atoms with Crippen molar-refractivity contribution in [2.45, 2.75) is 39.5 Å². The zero-order valence-corrected chi connectivity index (χ0v) is 16.4. The second kappa shape index (κ2) is 9.21. The van der Waals surface area contributed by atoms with Gasteiger partial charge in [-0.25, -0.2) is 0 Å². The van der Waals surface area contributed by atoms with Crippen molar-refractivity contribution in [3.63, 3.8) is 0 Å². The van der Waals surface area contributed by atoms with Crippen molar-refractivity contribution in [3.05, 3.63) is 59.7 Å². The van der Waals surface area contributed by atoms with Gasteiger partial charge in [0.15, 0.2) is 6.61 Å². The molecule has 0 spiro atoms. The van der Waals surface area contributed by atoms with E-state index in [4.69, 9.17) is 9.47 Å². The number of esters is 1. The molecule has 1 amide bonds. The van der Waals surface area contributed by atoms with Gasteiger partial charge in [-0.2, -0.15) is 0 Å². The number of benzene rings is 2. The highest BCUT2D eigenvalue weighted by Gasteiger charge is 2.13. The number of anilines is 1. The highest BCUT2D eigenvalue weighted by atomic mass is 16.5. The van der Waals surface area contributed by atoms with Gasteiger partial charge in [0.05, 0.1) is 13.0 Å². The lowest BCUT2D eigenvalue weighted by molar-refractivity contribution is -0.147. The van der Waals surface area contributed by atoms with Crippen molar-refractivity contribution in [2.75, 3.05) is 18.5 Å². The zero-order chi connectivity index (χ0) is 19.9. The van der Waals surface area contributed by atoms with Gasteiger partial charge in [0.2, 0.25) is 0 Å². The van der Waals surface area contributed by atoms with Crippen LogP contribution >= 0.6 is 0 Å². The first-order valence-electron chi connectivity index (χ1n) is 9.00. The first-order valence-corrected chi connectivity index (χ1v) is 9.00. The summed E-state index contributed by atoms with van der Waals surface area (Å²) in [7, 11) is 0. The topological polar surface area (TPSA) is 64.6 Å². The van der Waals surface area contributed by atoms with E-state index in [1.807, 2.05) is 49.4 Å². The Labute approximate surface area is 160 Å². The van der Waals surface area contributed by atoms with Crippen LogP contribution in [0.4, 0.5) is 5.69 Å². The summed E-state index contributed by atoms with van der Waals surface area (Å²) in [6.07, 6.45) is 0.0820. The molecule has 2 aromatic carbocycles. The Morgan fingerprint density at radius 2 is 1.67 bits per heavy atom. The predicted octanol–water partition coefficient (Wildman–Crippen LogP) is 4.24. The molecule has 5 heteroatoms. The second-order valence-corrected chi connectivity index (χ2v) is 7.40. The zero-order valence-electron chi connectivity index (χ0n) is 16.4. The number of ether oxygens (including phenoxy) is 2. The number of amides is 1. The fourth-order valence-corrected chi connectivity index (χ4v) is 2.42. The lowest BCUT2D eigenvalue weighted by Gasteiger charge is -2.19. The van der Waals surface area contributed by atoms with Crippen LogP contribution in [0.15, 0.2) is 48.5 Å². The quantitative estimate of drug-likeness (QED) is 0.741. The van der Waals surface area contributed by atoms with E-state index in [0.717, 1.165) is 5.56 Å². The molecule has 0 fully saturated rings. The van der Waals surface area contributed by atoms with Crippen LogP contribution in [0.1, 0.15) is 38.3 Å². The fraction of sp³-hybridized carbons (Fsp3) is 0.364. The van der Waals surface area contributed by atoms with Gasteiger partial charge in [0, 0.05) is 5.69 Å². The van der Waals surface area contributed by atoms with E-state index in [2.05, 4.69) is 26.1 Å². The highest BCUT2D eigenvalue weighted by Crippen LogP contribution is 2.24. The minimum atomic E-state index is -0.471. The summed E-state index contributed by atoms with van der Waals surface area (Å²) in [5, 5.41) is 2.72. The molecule has 2 rings (SSSR count). The molecule has 0 bridgehead atoms. The Morgan fingerprint density at radius 3 is 2.30 bits per heavy atom. The molecule has 0 saturated carbocycles. The van der Waals surface area contributed by atoms with E-state index < -0.39 is 5.97 Å². The minimum absolute atomic E-state index is 0.0820. The molecule has 0 saturated heterocycles. The first kappa shape index (κ1) is 20.5. The van der Waals surface area contributed by atoms with Crippen LogP contribution in [0.3, 0.4) is 0 Å². The van der Waals surface area contributed by atoms with Gasteiger partial charge in [0.25, 0.3) is 5.91 Å². The summed E-state index contributed by atoms with van der Waals surface area (Å²) >= 11 is 0. The number of nitrogens with one attached hydrogen (secondary N) is 1. The van der Waals surface area contributed by atoms with Crippen molar-refractivity contribution in [3.8, 4) is 5.75 Å². The standard InChI is InChI=1S/C22H27NO4/c1-16-7-5-6-8-19(16)23-20(24)15-27-21(25)13-14-26-18-11-9-17(10-12-18)22(2,3)4/h5-12H,13-15H2,1-4H3,(H,23,24). The largest absolute Gasteiger partial charge is 0.493 e. The normalized spacial score (nSPS) is 11.0. The average Bonchev–Trinajstić information content (AvgIpc) is 2.62. The van der Waals surface area contributed by atoms with E-state index in [-0.39, 0.29) is 31.0 Å². The average molecular weight is 369 g/mol. The van der Waals surface area contributed by atoms with Gasteiger partial charge < -0.3 is 14.8 Å². The van der Waals surface area contributed by atoms with Crippen molar-refractivity contribution >= 4 is 17.6 Å². The van der Waals surface area contributed by atoms with Crippen molar-refractivity contribution < 1.29 is 19.1 Å². The molecule has 0 aliphatic heterocycles. The van der Waals surface area contributed by atoms with E-state index >= 15 is 0 Å². The van der Waals surface area contributed by atoms with Crippen LogP contribution in [0.25, 0.3) is 0 Å². The first-order chi connectivity index (χ1) is 12.8. The number of carbonyl (C=O) groups excluding carboxylic acids is 2. The van der Waals surface area contributed by atoms with Crippen LogP contribution in [0.2, 0.25) is 0 Å². The van der Waals surface area contributed by atoms with E-state index in [9.17, 15) is 9.59 Å². The molecule has 0 aliphatic carbocycles. The molecule has 0 unspecified atom stereocenters. The van der Waals surface area contributed by atoms with Crippen LogP contribution < -0.4 is 10.1 Å². The van der Waals surface area contributed by atoms with Crippen LogP contribution in [-0.4, -0.2) is 25.1 Å². The Balaban J connectivity index is 1.69. The Morgan fingerprint density at radius 1 is 1.00 bits per heavy atom.